The molecule has 5 aliphatic carbocycles. The molecule has 0 radical (unpaired) electrons. The average molecular weight is 669 g/mol. The average Bonchev–Trinajstić information content (AvgIpc) is 3.71. The van der Waals surface area contributed by atoms with Gasteiger partial charge in [0.25, 0.3) is 0 Å². The number of phenolic OH excluding ortho intramolecular Hbond substituents is 2. The molecule has 10 heteroatoms. The van der Waals surface area contributed by atoms with Crippen molar-refractivity contribution in [2.45, 2.75) is 111 Å². The number of aromatic hydroxyl groups is 2. The second-order valence-electron chi connectivity index (χ2n) is 16.3. The number of carbonyl (C=O) groups excluding carboxylic acids is 2. The monoisotopic (exact) mass is 668 g/mol. The normalized spacial score (nSPS) is 40.4. The van der Waals surface area contributed by atoms with Crippen molar-refractivity contribution in [2.75, 3.05) is 26.2 Å². The first-order valence-corrected chi connectivity index (χ1v) is 18.2. The van der Waals surface area contributed by atoms with E-state index >= 15 is 0 Å². The highest BCUT2D eigenvalue weighted by molar-refractivity contribution is 5.91. The number of ether oxygens (including phenoxy) is 2. The molecule has 8 atom stereocenters. The highest BCUT2D eigenvalue weighted by Gasteiger charge is 2.74. The molecule has 4 bridgehead atoms. The molecule has 5 fully saturated rings. The van der Waals surface area contributed by atoms with Crippen molar-refractivity contribution in [3.8, 4) is 23.0 Å². The van der Waals surface area contributed by atoms with Gasteiger partial charge in [-0.15, -0.1) is 6.58 Å². The van der Waals surface area contributed by atoms with Gasteiger partial charge in [-0.05, 0) is 87.1 Å². The van der Waals surface area contributed by atoms with Crippen LogP contribution < -0.4 is 9.47 Å². The molecule has 2 spiro atoms. The van der Waals surface area contributed by atoms with Crippen LogP contribution in [0.25, 0.3) is 0 Å². The maximum Gasteiger partial charge on any atom is 0.174 e. The molecule has 4 aliphatic heterocycles. The maximum atomic E-state index is 12.7. The summed E-state index contributed by atoms with van der Waals surface area (Å²) in [5.41, 5.74) is 0.710. The lowest BCUT2D eigenvalue weighted by Crippen LogP contribution is -2.76. The molecule has 11 rings (SSSR count). The van der Waals surface area contributed by atoms with E-state index in [2.05, 4.69) is 16.4 Å². The third-order valence-electron chi connectivity index (χ3n) is 14.3. The van der Waals surface area contributed by atoms with Crippen LogP contribution >= 0.6 is 0 Å². The Morgan fingerprint density at radius 2 is 1.24 bits per heavy atom. The molecule has 258 valence electrons. The Hall–Kier alpha value is -3.44. The van der Waals surface area contributed by atoms with E-state index in [0.717, 1.165) is 67.2 Å². The molecule has 4 heterocycles. The largest absolute Gasteiger partial charge is 0.504 e. The summed E-state index contributed by atoms with van der Waals surface area (Å²) in [7, 11) is 0. The van der Waals surface area contributed by atoms with Crippen LogP contribution in [0.2, 0.25) is 0 Å². The van der Waals surface area contributed by atoms with E-state index in [0.29, 0.717) is 50.0 Å². The smallest absolute Gasteiger partial charge is 0.174 e. The van der Waals surface area contributed by atoms with Crippen molar-refractivity contribution in [1.82, 2.24) is 9.80 Å². The topological polar surface area (TPSA) is 140 Å². The number of phenols is 2. The fourth-order valence-corrected chi connectivity index (χ4v) is 12.1. The van der Waals surface area contributed by atoms with Crippen molar-refractivity contribution < 1.29 is 39.5 Å². The minimum Gasteiger partial charge on any atom is -0.504 e. The zero-order valence-corrected chi connectivity index (χ0v) is 27.7. The van der Waals surface area contributed by atoms with Gasteiger partial charge in [0.2, 0.25) is 0 Å². The number of aliphatic hydroxyl groups is 2. The number of rotatable bonds is 4. The molecule has 3 saturated carbocycles. The number of hydrogen-bond donors (Lipinski definition) is 4. The van der Waals surface area contributed by atoms with Gasteiger partial charge in [-0.1, -0.05) is 18.2 Å². The van der Waals surface area contributed by atoms with Gasteiger partial charge >= 0.3 is 0 Å². The van der Waals surface area contributed by atoms with Crippen LogP contribution in [0.15, 0.2) is 36.9 Å². The predicted octanol–water partition coefficient (Wildman–Crippen LogP) is 2.83. The van der Waals surface area contributed by atoms with Crippen molar-refractivity contribution in [1.29, 1.82) is 0 Å². The van der Waals surface area contributed by atoms with E-state index in [1.807, 2.05) is 18.2 Å². The summed E-state index contributed by atoms with van der Waals surface area (Å²) in [6.45, 7) is 7.31. The zero-order valence-electron chi connectivity index (χ0n) is 27.7. The second-order valence-corrected chi connectivity index (χ2v) is 16.3. The SMILES string of the molecule is C=CCN1CC[C@]23c4c5ccc(O)c4OC2C(=O)CC[C@@]3(O)[C@H]1C5.O=C1CC[C@@]2(O)[C@H]3Cc4ccc(O)c5c4[C@@]2(CCN3CC2CC2)C1O5. The minimum atomic E-state index is -1.00. The number of piperidine rings is 2. The number of benzene rings is 2. The van der Waals surface area contributed by atoms with Gasteiger partial charge in [-0.2, -0.15) is 0 Å². The quantitative estimate of drug-likeness (QED) is 0.360. The van der Waals surface area contributed by atoms with Gasteiger partial charge in [0.1, 0.15) is 0 Å². The van der Waals surface area contributed by atoms with Crippen molar-refractivity contribution in [3.63, 3.8) is 0 Å². The number of Topliss-reactive ketones (excluding diaryl/α,β-unsaturated/α-hetero) is 2. The van der Waals surface area contributed by atoms with Crippen LogP contribution in [-0.2, 0) is 33.3 Å². The predicted molar refractivity (Wildman–Crippen MR) is 177 cm³/mol. The number of nitrogens with zero attached hydrogens (tertiary/aromatic N) is 2. The van der Waals surface area contributed by atoms with Gasteiger partial charge in [0.05, 0.1) is 22.0 Å². The summed E-state index contributed by atoms with van der Waals surface area (Å²) in [4.78, 5) is 30.1. The van der Waals surface area contributed by atoms with Gasteiger partial charge in [-0.25, -0.2) is 0 Å². The van der Waals surface area contributed by atoms with Crippen LogP contribution in [0.4, 0.5) is 0 Å². The molecule has 2 aromatic carbocycles. The first kappa shape index (κ1) is 30.4. The molecular weight excluding hydrogens is 624 g/mol. The Morgan fingerprint density at radius 3 is 1.73 bits per heavy atom. The fraction of sp³-hybridized carbons (Fsp3) is 0.590. The summed E-state index contributed by atoms with van der Waals surface area (Å²) in [6, 6.07) is 7.21. The molecule has 2 saturated heterocycles. The highest BCUT2D eigenvalue weighted by Crippen LogP contribution is 2.66. The van der Waals surface area contributed by atoms with Crippen LogP contribution in [0.5, 0.6) is 23.0 Å². The van der Waals surface area contributed by atoms with E-state index < -0.39 is 34.2 Å². The molecule has 9 aliphatic rings. The Kier molecular flexibility index (Phi) is 6.12. The standard InChI is InChI=1S/C20H23NO4.C19H21NO4/c22-13-4-3-12-9-15-20(24)6-5-14(23)18-19(20,16(12)17(13)25-18)7-8-21(15)10-11-1-2-11;1-2-8-20-9-7-18-15-11-3-4-12(21)16(15)24-17(18)13(22)5-6-19(18,23)14(20)10-11/h3-4,11,15,18,22,24H,1-2,5-10H2;2-4,14,17,21,23H,1,5-10H2/t15-,18?,19+,20-;14-,17?,18+,19-/m11/s1. The van der Waals surface area contributed by atoms with Crippen LogP contribution in [-0.4, -0.2) is 103 Å². The third kappa shape index (κ3) is 3.56. The summed E-state index contributed by atoms with van der Waals surface area (Å²) in [5, 5.41) is 44.4. The minimum absolute atomic E-state index is 0.0408. The van der Waals surface area contributed by atoms with Gasteiger partial charge in [0.15, 0.2) is 46.8 Å². The lowest BCUT2D eigenvalue weighted by molar-refractivity contribution is -0.188. The lowest BCUT2D eigenvalue weighted by Gasteiger charge is -2.62. The summed E-state index contributed by atoms with van der Waals surface area (Å²) < 4.78 is 12.0. The van der Waals surface area contributed by atoms with E-state index in [4.69, 9.17) is 9.47 Å². The Bertz CT molecular complexity index is 1840. The third-order valence-corrected chi connectivity index (χ3v) is 14.3. The highest BCUT2D eigenvalue weighted by atomic mass is 16.5. The lowest BCUT2D eigenvalue weighted by atomic mass is 9.49. The maximum absolute atomic E-state index is 12.7. The first-order chi connectivity index (χ1) is 23.6. The van der Waals surface area contributed by atoms with Gasteiger partial charge < -0.3 is 29.9 Å². The van der Waals surface area contributed by atoms with Crippen LogP contribution in [0.3, 0.4) is 0 Å². The Balaban J connectivity index is 0.000000125. The first-order valence-electron chi connectivity index (χ1n) is 18.2. The molecule has 2 aromatic rings. The summed E-state index contributed by atoms with van der Waals surface area (Å²) in [5.74, 6) is 1.92. The number of ketones is 2. The Morgan fingerprint density at radius 1 is 0.755 bits per heavy atom. The van der Waals surface area contributed by atoms with E-state index in [-0.39, 0.29) is 35.1 Å². The van der Waals surface area contributed by atoms with Gasteiger partial charge in [0, 0.05) is 55.7 Å². The van der Waals surface area contributed by atoms with Gasteiger partial charge in [-0.3, -0.25) is 19.4 Å². The van der Waals surface area contributed by atoms with Crippen LogP contribution in [0.1, 0.15) is 73.6 Å². The molecule has 4 N–H and O–H groups in total. The molecule has 2 unspecified atom stereocenters. The van der Waals surface area contributed by atoms with Crippen LogP contribution in [0, 0.1) is 5.92 Å². The van der Waals surface area contributed by atoms with Crippen molar-refractivity contribution in [2.24, 2.45) is 5.92 Å². The van der Waals surface area contributed by atoms with Crippen molar-refractivity contribution in [3.05, 3.63) is 59.2 Å². The molecule has 0 aromatic heterocycles. The molecular formula is C39H44N2O8. The number of carbonyl (C=O) groups is 2. The summed E-state index contributed by atoms with van der Waals surface area (Å²) >= 11 is 0. The van der Waals surface area contributed by atoms with E-state index in [1.54, 1.807) is 12.1 Å². The zero-order chi connectivity index (χ0) is 33.7. The Labute approximate surface area is 285 Å². The molecule has 0 amide bonds. The molecule has 10 nitrogen and oxygen atoms in total. The number of hydrogen-bond acceptors (Lipinski definition) is 10. The number of likely N-dealkylation sites (tertiary alicyclic amines) is 2. The summed E-state index contributed by atoms with van der Waals surface area (Å²) in [6.07, 6.45) is 7.67. The van der Waals surface area contributed by atoms with Crippen molar-refractivity contribution >= 4 is 11.6 Å². The second kappa shape index (κ2) is 9.87. The van der Waals surface area contributed by atoms with E-state index in [1.165, 1.54) is 12.8 Å². The fourth-order valence-electron chi connectivity index (χ4n) is 12.1. The molecule has 49 heavy (non-hydrogen) atoms. The van der Waals surface area contributed by atoms with E-state index in [9.17, 15) is 30.0 Å².